The van der Waals surface area contributed by atoms with Crippen LogP contribution in [0.2, 0.25) is 0 Å². The molecule has 0 radical (unpaired) electrons. The van der Waals surface area contributed by atoms with Gasteiger partial charge < -0.3 is 11.5 Å². The van der Waals surface area contributed by atoms with Crippen molar-refractivity contribution < 1.29 is 4.79 Å². The normalized spacial score (nSPS) is 15.5. The van der Waals surface area contributed by atoms with E-state index in [1.54, 1.807) is 6.20 Å². The Morgan fingerprint density at radius 2 is 1.96 bits per heavy atom. The lowest BCUT2D eigenvalue weighted by Crippen LogP contribution is -2.24. The SMILES string of the molecule is NC(N)=NC(=O)c1cn[nH]c1C1(c2cccc3cn[nH]c23)CC1. The van der Waals surface area contributed by atoms with Crippen molar-refractivity contribution in [2.24, 2.45) is 16.5 Å². The van der Waals surface area contributed by atoms with Crippen molar-refractivity contribution in [1.29, 1.82) is 0 Å². The van der Waals surface area contributed by atoms with Gasteiger partial charge in [0.1, 0.15) is 0 Å². The van der Waals surface area contributed by atoms with Crippen LogP contribution in [-0.4, -0.2) is 32.3 Å². The molecule has 2 aromatic heterocycles. The molecule has 0 bridgehead atoms. The summed E-state index contributed by atoms with van der Waals surface area (Å²) in [6.07, 6.45) is 5.08. The summed E-state index contributed by atoms with van der Waals surface area (Å²) >= 11 is 0. The third-order valence-corrected chi connectivity index (χ3v) is 4.32. The lowest BCUT2D eigenvalue weighted by molar-refractivity contribution is 0.100. The number of fused-ring (bicyclic) bond motifs is 1. The van der Waals surface area contributed by atoms with E-state index in [-0.39, 0.29) is 11.4 Å². The van der Waals surface area contributed by atoms with Crippen LogP contribution in [0.4, 0.5) is 0 Å². The van der Waals surface area contributed by atoms with Crippen molar-refractivity contribution in [1.82, 2.24) is 20.4 Å². The second-order valence-corrected chi connectivity index (χ2v) is 5.72. The molecule has 1 aromatic carbocycles. The molecule has 8 heteroatoms. The zero-order valence-electron chi connectivity index (χ0n) is 12.2. The quantitative estimate of drug-likeness (QED) is 0.418. The molecule has 3 aromatic rings. The molecule has 116 valence electrons. The standard InChI is InChI=1S/C15H15N7O/c16-14(17)20-13(23)9-7-19-22-12(9)15(4-5-15)10-3-1-2-8-6-18-21-11(8)10/h1-3,6-7H,4-5H2,(H,18,21)(H,19,22)(H4,16,17,20,23). The lowest BCUT2D eigenvalue weighted by atomic mass is 9.88. The van der Waals surface area contributed by atoms with Crippen LogP contribution in [-0.2, 0) is 5.41 Å². The number of hydrogen-bond acceptors (Lipinski definition) is 3. The average molecular weight is 309 g/mol. The number of guanidine groups is 1. The number of nitrogens with zero attached hydrogens (tertiary/aromatic N) is 3. The monoisotopic (exact) mass is 309 g/mol. The Bertz CT molecular complexity index is 928. The van der Waals surface area contributed by atoms with Gasteiger partial charge in [-0.05, 0) is 18.4 Å². The largest absolute Gasteiger partial charge is 0.370 e. The molecule has 1 aliphatic carbocycles. The smallest absolute Gasteiger partial charge is 0.283 e. The van der Waals surface area contributed by atoms with Gasteiger partial charge in [-0.25, -0.2) is 0 Å². The van der Waals surface area contributed by atoms with Gasteiger partial charge in [0, 0.05) is 10.8 Å². The Kier molecular flexibility index (Phi) is 2.74. The molecule has 0 spiro atoms. The van der Waals surface area contributed by atoms with Crippen molar-refractivity contribution in [2.45, 2.75) is 18.3 Å². The van der Waals surface area contributed by atoms with Crippen molar-refractivity contribution >= 4 is 22.8 Å². The Hall–Kier alpha value is -3.16. The number of H-pyrrole nitrogens is 2. The number of nitrogens with one attached hydrogen (secondary N) is 2. The fourth-order valence-corrected chi connectivity index (χ4v) is 3.14. The van der Waals surface area contributed by atoms with E-state index in [2.05, 4.69) is 25.4 Å². The molecular formula is C15H15N7O. The van der Waals surface area contributed by atoms with Crippen LogP contribution >= 0.6 is 0 Å². The third kappa shape index (κ3) is 1.99. The van der Waals surface area contributed by atoms with Crippen molar-refractivity contribution in [2.75, 3.05) is 0 Å². The van der Waals surface area contributed by atoms with E-state index in [9.17, 15) is 4.79 Å². The van der Waals surface area contributed by atoms with Crippen molar-refractivity contribution in [3.8, 4) is 0 Å². The summed E-state index contributed by atoms with van der Waals surface area (Å²) in [5.74, 6) is -0.750. The first-order chi connectivity index (χ1) is 11.1. The molecule has 1 amide bonds. The van der Waals surface area contributed by atoms with Crippen LogP contribution in [0.25, 0.3) is 10.9 Å². The molecule has 23 heavy (non-hydrogen) atoms. The molecule has 1 aliphatic rings. The van der Waals surface area contributed by atoms with E-state index in [0.717, 1.165) is 35.0 Å². The topological polar surface area (TPSA) is 139 Å². The van der Waals surface area contributed by atoms with E-state index < -0.39 is 5.91 Å². The Balaban J connectivity index is 1.86. The van der Waals surface area contributed by atoms with Gasteiger partial charge in [0.15, 0.2) is 5.96 Å². The fourth-order valence-electron chi connectivity index (χ4n) is 3.14. The highest BCUT2D eigenvalue weighted by molar-refractivity contribution is 6.03. The number of carbonyl (C=O) groups excluding carboxylic acids is 1. The van der Waals surface area contributed by atoms with Crippen LogP contribution in [0.5, 0.6) is 0 Å². The van der Waals surface area contributed by atoms with Crippen LogP contribution in [0.3, 0.4) is 0 Å². The van der Waals surface area contributed by atoms with E-state index in [1.807, 2.05) is 18.2 Å². The summed E-state index contributed by atoms with van der Waals surface area (Å²) in [6.45, 7) is 0. The number of benzene rings is 1. The summed E-state index contributed by atoms with van der Waals surface area (Å²) in [5, 5.41) is 15.2. The van der Waals surface area contributed by atoms with Gasteiger partial charge in [-0.3, -0.25) is 15.0 Å². The van der Waals surface area contributed by atoms with Gasteiger partial charge in [-0.1, -0.05) is 18.2 Å². The number of carbonyl (C=O) groups is 1. The van der Waals surface area contributed by atoms with Gasteiger partial charge >= 0.3 is 0 Å². The third-order valence-electron chi connectivity index (χ3n) is 4.32. The Morgan fingerprint density at radius 3 is 2.70 bits per heavy atom. The van der Waals surface area contributed by atoms with E-state index in [1.165, 1.54) is 6.20 Å². The Morgan fingerprint density at radius 1 is 1.17 bits per heavy atom. The molecule has 1 fully saturated rings. The first-order valence-corrected chi connectivity index (χ1v) is 7.22. The molecule has 1 saturated carbocycles. The molecule has 2 heterocycles. The first-order valence-electron chi connectivity index (χ1n) is 7.22. The molecule has 8 nitrogen and oxygen atoms in total. The highest BCUT2D eigenvalue weighted by atomic mass is 16.1. The maximum atomic E-state index is 12.2. The number of hydrogen-bond donors (Lipinski definition) is 4. The zero-order chi connectivity index (χ0) is 16.0. The van der Waals surface area contributed by atoms with E-state index in [0.29, 0.717) is 5.56 Å². The number of nitrogens with two attached hydrogens (primary N) is 2. The number of para-hydroxylation sites is 1. The number of rotatable bonds is 3. The maximum absolute atomic E-state index is 12.2. The minimum atomic E-state index is -0.489. The molecular weight excluding hydrogens is 294 g/mol. The lowest BCUT2D eigenvalue weighted by Gasteiger charge is -2.16. The number of aliphatic imine (C=N–C) groups is 1. The summed E-state index contributed by atoms with van der Waals surface area (Å²) in [4.78, 5) is 15.8. The van der Waals surface area contributed by atoms with Gasteiger partial charge in [0.25, 0.3) is 5.91 Å². The Labute approximate surface area is 131 Å². The van der Waals surface area contributed by atoms with E-state index in [4.69, 9.17) is 11.5 Å². The second kappa shape index (κ2) is 4.67. The average Bonchev–Trinajstić information content (AvgIpc) is 2.98. The van der Waals surface area contributed by atoms with Gasteiger partial charge in [0.2, 0.25) is 0 Å². The summed E-state index contributed by atoms with van der Waals surface area (Å²) in [5.41, 5.74) is 13.5. The summed E-state index contributed by atoms with van der Waals surface area (Å²) in [6, 6.07) is 6.03. The molecule has 4 rings (SSSR count). The predicted molar refractivity (Wildman–Crippen MR) is 84.8 cm³/mol. The summed E-state index contributed by atoms with van der Waals surface area (Å²) in [7, 11) is 0. The van der Waals surface area contributed by atoms with Crippen LogP contribution in [0.1, 0.15) is 34.5 Å². The second-order valence-electron chi connectivity index (χ2n) is 5.72. The van der Waals surface area contributed by atoms with Crippen molar-refractivity contribution in [3.63, 3.8) is 0 Å². The van der Waals surface area contributed by atoms with Crippen LogP contribution < -0.4 is 11.5 Å². The van der Waals surface area contributed by atoms with Gasteiger partial charge in [-0.2, -0.15) is 15.2 Å². The number of amides is 1. The van der Waals surface area contributed by atoms with Crippen molar-refractivity contribution in [3.05, 3.63) is 47.4 Å². The minimum absolute atomic E-state index is 0.261. The highest BCUT2D eigenvalue weighted by Gasteiger charge is 2.50. The maximum Gasteiger partial charge on any atom is 0.283 e. The van der Waals surface area contributed by atoms with Crippen LogP contribution in [0, 0.1) is 0 Å². The van der Waals surface area contributed by atoms with Gasteiger partial charge in [0.05, 0.1) is 29.2 Å². The summed E-state index contributed by atoms with van der Waals surface area (Å²) < 4.78 is 0. The number of aromatic nitrogens is 4. The fraction of sp³-hybridized carbons (Fsp3) is 0.200. The predicted octanol–water partition coefficient (Wildman–Crippen LogP) is 0.780. The van der Waals surface area contributed by atoms with E-state index >= 15 is 0 Å². The molecule has 0 aliphatic heterocycles. The van der Waals surface area contributed by atoms with Gasteiger partial charge in [-0.15, -0.1) is 0 Å². The molecule has 0 atom stereocenters. The molecule has 0 unspecified atom stereocenters. The first kappa shape index (κ1) is 13.5. The van der Waals surface area contributed by atoms with Crippen LogP contribution in [0.15, 0.2) is 35.6 Å². The minimum Gasteiger partial charge on any atom is -0.370 e. The molecule has 6 N–H and O–H groups in total. The zero-order valence-corrected chi connectivity index (χ0v) is 12.2. The number of aromatic amines is 2. The highest BCUT2D eigenvalue weighted by Crippen LogP contribution is 2.55. The molecule has 0 saturated heterocycles.